The van der Waals surface area contributed by atoms with Crippen LogP contribution in [0.3, 0.4) is 0 Å². The topological polar surface area (TPSA) is 40.5 Å². The lowest BCUT2D eigenvalue weighted by Crippen LogP contribution is -2.21. The van der Waals surface area contributed by atoms with Gasteiger partial charge in [-0.2, -0.15) is 0 Å². The van der Waals surface area contributed by atoms with Crippen molar-refractivity contribution in [2.24, 2.45) is 0 Å². The zero-order chi connectivity index (χ0) is 8.48. The first-order valence-corrected chi connectivity index (χ1v) is 3.21. The third-order valence-corrected chi connectivity index (χ3v) is 1.38. The highest BCUT2D eigenvalue weighted by atomic mass is 19.1. The zero-order valence-electron chi connectivity index (χ0n) is 6.08. The van der Waals surface area contributed by atoms with Gasteiger partial charge in [0.05, 0.1) is 0 Å². The summed E-state index contributed by atoms with van der Waals surface area (Å²) in [5.41, 5.74) is -0.111. The zero-order valence-corrected chi connectivity index (χ0v) is 6.08. The van der Waals surface area contributed by atoms with E-state index in [1.54, 1.807) is 6.07 Å². The molecule has 0 saturated carbocycles. The lowest BCUT2D eigenvalue weighted by atomic mass is 10.1. The molecule has 0 fully saturated rings. The standard InChI is InChI=1S/C8H9FO2/c1-8(10,11)6-4-2-3-5-7(6)9/h2-5,10-11H,1H3. The first kappa shape index (κ1) is 8.17. The van der Waals surface area contributed by atoms with Crippen molar-refractivity contribution < 1.29 is 14.6 Å². The van der Waals surface area contributed by atoms with Crippen molar-refractivity contribution in [1.82, 2.24) is 0 Å². The lowest BCUT2D eigenvalue weighted by Gasteiger charge is -2.16. The maximum atomic E-state index is 12.8. The Morgan fingerprint density at radius 1 is 1.27 bits per heavy atom. The van der Waals surface area contributed by atoms with Gasteiger partial charge in [-0.05, 0) is 13.0 Å². The van der Waals surface area contributed by atoms with Crippen molar-refractivity contribution in [2.75, 3.05) is 0 Å². The fraction of sp³-hybridized carbons (Fsp3) is 0.250. The fourth-order valence-corrected chi connectivity index (χ4v) is 0.845. The van der Waals surface area contributed by atoms with Crippen LogP contribution in [0.5, 0.6) is 0 Å². The summed E-state index contributed by atoms with van der Waals surface area (Å²) in [5.74, 6) is -2.70. The summed E-state index contributed by atoms with van der Waals surface area (Å²) in [6, 6.07) is 5.54. The monoisotopic (exact) mass is 156 g/mol. The fourth-order valence-electron chi connectivity index (χ4n) is 0.845. The summed E-state index contributed by atoms with van der Waals surface area (Å²) in [6.07, 6.45) is 0. The molecule has 0 amide bonds. The van der Waals surface area contributed by atoms with Crippen molar-refractivity contribution in [3.8, 4) is 0 Å². The molecular formula is C8H9FO2. The van der Waals surface area contributed by atoms with Crippen LogP contribution in [0.4, 0.5) is 4.39 Å². The van der Waals surface area contributed by atoms with Crippen molar-refractivity contribution in [1.29, 1.82) is 0 Å². The summed E-state index contributed by atoms with van der Waals surface area (Å²) in [4.78, 5) is 0. The van der Waals surface area contributed by atoms with Gasteiger partial charge in [0.1, 0.15) is 5.82 Å². The molecule has 0 saturated heterocycles. The Morgan fingerprint density at radius 2 is 1.82 bits per heavy atom. The Balaban J connectivity index is 3.14. The largest absolute Gasteiger partial charge is 0.362 e. The molecule has 0 unspecified atom stereocenters. The third-order valence-electron chi connectivity index (χ3n) is 1.38. The lowest BCUT2D eigenvalue weighted by molar-refractivity contribution is -0.154. The van der Waals surface area contributed by atoms with Gasteiger partial charge in [-0.15, -0.1) is 0 Å². The minimum Gasteiger partial charge on any atom is -0.362 e. The smallest absolute Gasteiger partial charge is 0.189 e. The number of hydrogen-bond acceptors (Lipinski definition) is 2. The predicted octanol–water partition coefficient (Wildman–Crippen LogP) is 0.983. The van der Waals surface area contributed by atoms with Gasteiger partial charge in [-0.3, -0.25) is 0 Å². The highest BCUT2D eigenvalue weighted by molar-refractivity contribution is 5.20. The van der Waals surface area contributed by atoms with E-state index in [0.717, 1.165) is 6.92 Å². The molecule has 0 aromatic heterocycles. The minimum atomic E-state index is -2.09. The second-order valence-electron chi connectivity index (χ2n) is 2.50. The second kappa shape index (κ2) is 2.60. The molecule has 0 bridgehead atoms. The van der Waals surface area contributed by atoms with Crippen molar-refractivity contribution in [2.45, 2.75) is 12.7 Å². The maximum Gasteiger partial charge on any atom is 0.189 e. The Morgan fingerprint density at radius 3 is 2.18 bits per heavy atom. The number of hydrogen-bond donors (Lipinski definition) is 2. The van der Waals surface area contributed by atoms with E-state index in [1.807, 2.05) is 0 Å². The number of halogens is 1. The summed E-state index contributed by atoms with van der Waals surface area (Å²) >= 11 is 0. The molecule has 60 valence electrons. The van der Waals surface area contributed by atoms with Gasteiger partial charge >= 0.3 is 0 Å². The molecule has 0 atom stereocenters. The second-order valence-corrected chi connectivity index (χ2v) is 2.50. The molecule has 1 aromatic rings. The molecule has 1 rings (SSSR count). The summed E-state index contributed by atoms with van der Waals surface area (Å²) in [5, 5.41) is 18.0. The number of aliphatic hydroxyl groups is 2. The van der Waals surface area contributed by atoms with Crippen molar-refractivity contribution >= 4 is 0 Å². The Labute approximate surface area is 63.9 Å². The van der Waals surface area contributed by atoms with Crippen LogP contribution in [0.1, 0.15) is 12.5 Å². The quantitative estimate of drug-likeness (QED) is 0.595. The molecule has 3 heteroatoms. The molecule has 2 nitrogen and oxygen atoms in total. The van der Waals surface area contributed by atoms with Gasteiger partial charge < -0.3 is 10.2 Å². The van der Waals surface area contributed by atoms with Gasteiger partial charge in [0, 0.05) is 5.56 Å². The molecule has 11 heavy (non-hydrogen) atoms. The Kier molecular flexibility index (Phi) is 1.93. The first-order valence-electron chi connectivity index (χ1n) is 3.21. The van der Waals surface area contributed by atoms with Gasteiger partial charge in [-0.25, -0.2) is 4.39 Å². The first-order chi connectivity index (χ1) is 5.02. The van der Waals surface area contributed by atoms with E-state index < -0.39 is 11.6 Å². The van der Waals surface area contributed by atoms with Gasteiger partial charge in [0.15, 0.2) is 5.79 Å². The van der Waals surface area contributed by atoms with E-state index in [0.29, 0.717) is 0 Å². The van der Waals surface area contributed by atoms with Crippen LogP contribution in [-0.4, -0.2) is 10.2 Å². The van der Waals surface area contributed by atoms with E-state index in [1.165, 1.54) is 18.2 Å². The molecule has 0 spiro atoms. The van der Waals surface area contributed by atoms with E-state index in [9.17, 15) is 4.39 Å². The van der Waals surface area contributed by atoms with Crippen LogP contribution in [-0.2, 0) is 5.79 Å². The molecule has 0 heterocycles. The number of rotatable bonds is 1. The van der Waals surface area contributed by atoms with Crippen LogP contribution < -0.4 is 0 Å². The van der Waals surface area contributed by atoms with E-state index in [2.05, 4.69) is 0 Å². The molecule has 0 radical (unpaired) electrons. The van der Waals surface area contributed by atoms with Gasteiger partial charge in [-0.1, -0.05) is 18.2 Å². The van der Waals surface area contributed by atoms with Gasteiger partial charge in [0.25, 0.3) is 0 Å². The van der Waals surface area contributed by atoms with E-state index >= 15 is 0 Å². The SMILES string of the molecule is CC(O)(O)c1ccccc1F. The minimum absolute atomic E-state index is 0.111. The molecule has 2 N–H and O–H groups in total. The maximum absolute atomic E-state index is 12.8. The van der Waals surface area contributed by atoms with Crippen LogP contribution >= 0.6 is 0 Å². The molecule has 0 aliphatic rings. The highest BCUT2D eigenvalue weighted by Crippen LogP contribution is 2.19. The van der Waals surface area contributed by atoms with E-state index in [4.69, 9.17) is 10.2 Å². The molecule has 0 aliphatic heterocycles. The Bertz CT molecular complexity index is 253. The van der Waals surface area contributed by atoms with Crippen LogP contribution in [0.15, 0.2) is 24.3 Å². The normalized spacial score (nSPS) is 11.6. The van der Waals surface area contributed by atoms with Crippen LogP contribution in [0.25, 0.3) is 0 Å². The van der Waals surface area contributed by atoms with Gasteiger partial charge in [0.2, 0.25) is 0 Å². The Hall–Kier alpha value is -0.930. The summed E-state index contributed by atoms with van der Waals surface area (Å²) in [6.45, 7) is 1.12. The van der Waals surface area contributed by atoms with Crippen molar-refractivity contribution in [3.05, 3.63) is 35.6 Å². The summed E-state index contributed by atoms with van der Waals surface area (Å²) < 4.78 is 12.8. The van der Waals surface area contributed by atoms with E-state index in [-0.39, 0.29) is 5.56 Å². The van der Waals surface area contributed by atoms with Crippen LogP contribution in [0.2, 0.25) is 0 Å². The highest BCUT2D eigenvalue weighted by Gasteiger charge is 2.21. The number of benzene rings is 1. The summed E-state index contributed by atoms with van der Waals surface area (Å²) in [7, 11) is 0. The average Bonchev–Trinajstić information content (AvgIpc) is 1.86. The molecule has 0 aliphatic carbocycles. The average molecular weight is 156 g/mol. The predicted molar refractivity (Wildman–Crippen MR) is 38.2 cm³/mol. The molecule has 1 aromatic carbocycles. The third kappa shape index (κ3) is 1.76. The van der Waals surface area contributed by atoms with Crippen LogP contribution in [0, 0.1) is 5.82 Å². The van der Waals surface area contributed by atoms with Crippen molar-refractivity contribution in [3.63, 3.8) is 0 Å². The molecular weight excluding hydrogens is 147 g/mol.